The van der Waals surface area contributed by atoms with Crippen molar-refractivity contribution in [2.75, 3.05) is 18.5 Å². The minimum Gasteiger partial charge on any atom is -0.486 e. The molecule has 0 radical (unpaired) electrons. The Morgan fingerprint density at radius 2 is 1.90 bits per heavy atom. The van der Waals surface area contributed by atoms with Crippen molar-refractivity contribution in [3.8, 4) is 11.5 Å². The van der Waals surface area contributed by atoms with E-state index in [1.54, 1.807) is 6.92 Å². The molecule has 5 heteroatoms. The monoisotopic (exact) mass is 291 g/mol. The van der Waals surface area contributed by atoms with Gasteiger partial charge >= 0.3 is 0 Å². The molecule has 1 heterocycles. The van der Waals surface area contributed by atoms with Crippen molar-refractivity contribution in [1.29, 1.82) is 0 Å². The molecule has 0 aromatic heterocycles. The summed E-state index contributed by atoms with van der Waals surface area (Å²) in [6.07, 6.45) is 0. The number of ether oxygens (including phenoxy) is 2. The lowest BCUT2D eigenvalue weighted by Gasteiger charge is -2.23. The maximum atomic E-state index is 13.8. The first-order valence-corrected chi connectivity index (χ1v) is 6.75. The quantitative estimate of drug-likeness (QED) is 0.930. The maximum Gasteiger partial charge on any atom is 0.184 e. The normalized spacial score (nSPS) is 14.6. The van der Waals surface area contributed by atoms with Gasteiger partial charge in [-0.2, -0.15) is 0 Å². The Morgan fingerprint density at radius 3 is 2.76 bits per heavy atom. The zero-order chi connectivity index (χ0) is 14.8. The van der Waals surface area contributed by atoms with Gasteiger partial charge in [0.25, 0.3) is 0 Å². The van der Waals surface area contributed by atoms with Crippen LogP contribution in [0.2, 0.25) is 0 Å². The zero-order valence-electron chi connectivity index (χ0n) is 11.5. The number of rotatable bonds is 3. The summed E-state index contributed by atoms with van der Waals surface area (Å²) in [5.74, 6) is 0.346. The second-order valence-corrected chi connectivity index (χ2v) is 4.86. The largest absolute Gasteiger partial charge is 0.486 e. The van der Waals surface area contributed by atoms with Crippen molar-refractivity contribution in [2.45, 2.75) is 13.0 Å². The number of benzene rings is 2. The van der Waals surface area contributed by atoms with Gasteiger partial charge in [0.05, 0.1) is 11.7 Å². The van der Waals surface area contributed by atoms with Crippen LogP contribution >= 0.6 is 0 Å². The molecular formula is C16H15F2NO2. The van der Waals surface area contributed by atoms with Crippen LogP contribution in [0.3, 0.4) is 0 Å². The summed E-state index contributed by atoms with van der Waals surface area (Å²) in [7, 11) is 0. The number of hydrogen-bond acceptors (Lipinski definition) is 3. The molecule has 0 saturated carbocycles. The third-order valence-corrected chi connectivity index (χ3v) is 3.36. The van der Waals surface area contributed by atoms with Crippen LogP contribution in [0.15, 0.2) is 36.4 Å². The molecule has 110 valence electrons. The third-order valence-electron chi connectivity index (χ3n) is 3.36. The molecule has 0 saturated heterocycles. The summed E-state index contributed by atoms with van der Waals surface area (Å²) in [6, 6.07) is 8.48. The molecule has 0 fully saturated rings. The fraction of sp³-hybridized carbons (Fsp3) is 0.250. The number of halogens is 2. The molecule has 0 aliphatic carbocycles. The van der Waals surface area contributed by atoms with Crippen molar-refractivity contribution >= 4 is 5.69 Å². The summed E-state index contributed by atoms with van der Waals surface area (Å²) in [5, 5.41) is 3.14. The summed E-state index contributed by atoms with van der Waals surface area (Å²) in [4.78, 5) is 0. The molecule has 3 rings (SSSR count). The highest BCUT2D eigenvalue weighted by Crippen LogP contribution is 2.38. The Hall–Kier alpha value is -2.30. The van der Waals surface area contributed by atoms with Gasteiger partial charge in [0.1, 0.15) is 24.8 Å². The van der Waals surface area contributed by atoms with Crippen LogP contribution in [0.25, 0.3) is 0 Å². The molecule has 0 bridgehead atoms. The van der Waals surface area contributed by atoms with E-state index in [-0.39, 0.29) is 5.56 Å². The molecular weight excluding hydrogens is 276 g/mol. The van der Waals surface area contributed by atoms with Crippen molar-refractivity contribution in [3.05, 3.63) is 53.6 Å². The average molecular weight is 291 g/mol. The van der Waals surface area contributed by atoms with E-state index in [1.807, 2.05) is 18.2 Å². The molecule has 2 aromatic carbocycles. The molecule has 0 spiro atoms. The highest BCUT2D eigenvalue weighted by atomic mass is 19.1. The first kappa shape index (κ1) is 13.7. The number of hydrogen-bond donors (Lipinski definition) is 1. The molecule has 0 unspecified atom stereocenters. The molecule has 0 amide bonds. The van der Waals surface area contributed by atoms with Gasteiger partial charge in [0.15, 0.2) is 11.5 Å². The summed E-state index contributed by atoms with van der Waals surface area (Å²) < 4.78 is 38.2. The summed E-state index contributed by atoms with van der Waals surface area (Å²) in [5.41, 5.74) is 0.965. The van der Waals surface area contributed by atoms with Crippen LogP contribution in [-0.2, 0) is 0 Å². The van der Waals surface area contributed by atoms with E-state index in [4.69, 9.17) is 9.47 Å². The fourth-order valence-electron chi connectivity index (χ4n) is 2.34. The Kier molecular flexibility index (Phi) is 3.64. The lowest BCUT2D eigenvalue weighted by Crippen LogP contribution is -2.17. The number of para-hydroxylation sites is 1. The van der Waals surface area contributed by atoms with Gasteiger partial charge in [-0.1, -0.05) is 6.07 Å². The first-order valence-electron chi connectivity index (χ1n) is 6.75. The van der Waals surface area contributed by atoms with Crippen molar-refractivity contribution < 1.29 is 18.3 Å². The zero-order valence-corrected chi connectivity index (χ0v) is 11.5. The minimum absolute atomic E-state index is 0.268. The number of anilines is 1. The molecule has 1 aliphatic heterocycles. The van der Waals surface area contributed by atoms with Gasteiger partial charge in [0.2, 0.25) is 0 Å². The van der Waals surface area contributed by atoms with E-state index in [2.05, 4.69) is 5.32 Å². The van der Waals surface area contributed by atoms with Gasteiger partial charge < -0.3 is 14.8 Å². The third kappa shape index (κ3) is 2.77. The van der Waals surface area contributed by atoms with Gasteiger partial charge in [0, 0.05) is 5.56 Å². The standard InChI is InChI=1S/C16H15F2NO2/c1-10(12-9-11(17)5-6-13(12)18)19-14-3-2-4-15-16(14)21-8-7-20-15/h2-6,9-10,19H,7-8H2,1H3/t10-/m0/s1. The van der Waals surface area contributed by atoms with Crippen LogP contribution in [-0.4, -0.2) is 13.2 Å². The summed E-state index contributed by atoms with van der Waals surface area (Å²) in [6.45, 7) is 2.74. The van der Waals surface area contributed by atoms with Crippen LogP contribution < -0.4 is 14.8 Å². The van der Waals surface area contributed by atoms with Crippen molar-refractivity contribution in [2.24, 2.45) is 0 Å². The molecule has 1 atom stereocenters. The Bertz CT molecular complexity index is 661. The van der Waals surface area contributed by atoms with Gasteiger partial charge in [-0.05, 0) is 37.3 Å². The predicted molar refractivity (Wildman–Crippen MR) is 75.8 cm³/mol. The fourth-order valence-corrected chi connectivity index (χ4v) is 2.34. The summed E-state index contributed by atoms with van der Waals surface area (Å²) >= 11 is 0. The molecule has 1 N–H and O–H groups in total. The van der Waals surface area contributed by atoms with E-state index < -0.39 is 17.7 Å². The van der Waals surface area contributed by atoms with E-state index in [0.717, 1.165) is 12.1 Å². The molecule has 1 aliphatic rings. The molecule has 3 nitrogen and oxygen atoms in total. The van der Waals surface area contributed by atoms with Gasteiger partial charge in [-0.25, -0.2) is 8.78 Å². The predicted octanol–water partition coefficient (Wildman–Crippen LogP) is 3.91. The van der Waals surface area contributed by atoms with Crippen molar-refractivity contribution in [3.63, 3.8) is 0 Å². The van der Waals surface area contributed by atoms with E-state index in [1.165, 1.54) is 6.07 Å². The molecule has 2 aromatic rings. The highest BCUT2D eigenvalue weighted by molar-refractivity contribution is 5.64. The average Bonchev–Trinajstić information content (AvgIpc) is 2.50. The van der Waals surface area contributed by atoms with Crippen LogP contribution in [0.5, 0.6) is 11.5 Å². The minimum atomic E-state index is -0.463. The molecule has 21 heavy (non-hydrogen) atoms. The topological polar surface area (TPSA) is 30.5 Å². The van der Waals surface area contributed by atoms with Gasteiger partial charge in [-0.15, -0.1) is 0 Å². The Morgan fingerprint density at radius 1 is 1.10 bits per heavy atom. The maximum absolute atomic E-state index is 13.8. The van der Waals surface area contributed by atoms with Crippen molar-refractivity contribution in [1.82, 2.24) is 0 Å². The van der Waals surface area contributed by atoms with E-state index in [0.29, 0.717) is 30.4 Å². The van der Waals surface area contributed by atoms with Crippen LogP contribution in [0.4, 0.5) is 14.5 Å². The second-order valence-electron chi connectivity index (χ2n) is 4.86. The Labute approximate surface area is 121 Å². The van der Waals surface area contributed by atoms with E-state index >= 15 is 0 Å². The Balaban J connectivity index is 1.88. The number of nitrogens with one attached hydrogen (secondary N) is 1. The van der Waals surface area contributed by atoms with Crippen LogP contribution in [0, 0.1) is 11.6 Å². The van der Waals surface area contributed by atoms with E-state index in [9.17, 15) is 8.78 Å². The lowest BCUT2D eigenvalue weighted by molar-refractivity contribution is 0.172. The smallest absolute Gasteiger partial charge is 0.184 e. The number of fused-ring (bicyclic) bond motifs is 1. The SMILES string of the molecule is C[C@H](Nc1cccc2c1OCCO2)c1cc(F)ccc1F. The van der Waals surface area contributed by atoms with Gasteiger partial charge in [-0.3, -0.25) is 0 Å². The first-order chi connectivity index (χ1) is 10.1. The van der Waals surface area contributed by atoms with Crippen LogP contribution in [0.1, 0.15) is 18.5 Å². The lowest BCUT2D eigenvalue weighted by atomic mass is 10.1. The second kappa shape index (κ2) is 5.60. The highest BCUT2D eigenvalue weighted by Gasteiger charge is 2.18.